The van der Waals surface area contributed by atoms with Gasteiger partial charge in [-0.25, -0.2) is 0 Å². The van der Waals surface area contributed by atoms with Gasteiger partial charge in [-0.3, -0.25) is 4.79 Å². The first-order valence-electron chi connectivity index (χ1n) is 5.47. The topological polar surface area (TPSA) is 66.8 Å². The molecule has 90 valence electrons. The first-order valence-corrected chi connectivity index (χ1v) is 5.47. The van der Waals surface area contributed by atoms with Crippen LogP contribution < -0.4 is 0 Å². The Morgan fingerprint density at radius 2 is 1.80 bits per heavy atom. The minimum atomic E-state index is -0.808. The Balaban J connectivity index is 3.72. The highest BCUT2D eigenvalue weighted by Gasteiger charge is 2.16. The first kappa shape index (κ1) is 14.4. The second kappa shape index (κ2) is 7.65. The number of esters is 1. The van der Waals surface area contributed by atoms with Crippen molar-refractivity contribution < 1.29 is 19.7 Å². The van der Waals surface area contributed by atoms with Crippen molar-refractivity contribution in [2.45, 2.75) is 52.2 Å². The molecule has 2 unspecified atom stereocenters. The molecule has 0 rings (SSSR count). The van der Waals surface area contributed by atoms with Gasteiger partial charge in [-0.1, -0.05) is 13.8 Å². The third-order valence-corrected chi connectivity index (χ3v) is 2.00. The molecule has 0 bridgehead atoms. The smallest absolute Gasteiger partial charge is 0.308 e. The van der Waals surface area contributed by atoms with Crippen molar-refractivity contribution in [3.63, 3.8) is 0 Å². The molecule has 0 saturated heterocycles. The number of aliphatic hydroxyl groups excluding tert-OH is 2. The number of hydrogen-bond donors (Lipinski definition) is 2. The Hall–Kier alpha value is -0.610. The third kappa shape index (κ3) is 8.39. The van der Waals surface area contributed by atoms with Crippen LogP contribution >= 0.6 is 0 Å². The summed E-state index contributed by atoms with van der Waals surface area (Å²) in [6.45, 7) is 6.04. The first-order chi connectivity index (χ1) is 6.95. The van der Waals surface area contributed by atoms with E-state index >= 15 is 0 Å². The van der Waals surface area contributed by atoms with Gasteiger partial charge < -0.3 is 14.9 Å². The van der Waals surface area contributed by atoms with Crippen LogP contribution in [0.2, 0.25) is 0 Å². The third-order valence-electron chi connectivity index (χ3n) is 2.00. The minimum absolute atomic E-state index is 0.0387. The number of carbonyl (C=O) groups is 1. The van der Waals surface area contributed by atoms with E-state index in [9.17, 15) is 15.0 Å². The molecular formula is C11H22O4. The van der Waals surface area contributed by atoms with Crippen molar-refractivity contribution in [1.82, 2.24) is 0 Å². The summed E-state index contributed by atoms with van der Waals surface area (Å²) in [7, 11) is 0. The van der Waals surface area contributed by atoms with E-state index in [1.807, 2.05) is 13.8 Å². The monoisotopic (exact) mass is 218 g/mol. The van der Waals surface area contributed by atoms with E-state index in [0.29, 0.717) is 18.9 Å². The summed E-state index contributed by atoms with van der Waals surface area (Å²) in [5.74, 6) is -0.0310. The summed E-state index contributed by atoms with van der Waals surface area (Å²) >= 11 is 0. The molecule has 0 heterocycles. The summed E-state index contributed by atoms with van der Waals surface area (Å²) in [6, 6.07) is 0. The van der Waals surface area contributed by atoms with Gasteiger partial charge in [-0.15, -0.1) is 0 Å². The molecule has 0 saturated carbocycles. The lowest BCUT2D eigenvalue weighted by Gasteiger charge is -2.16. The Labute approximate surface area is 91.3 Å². The predicted molar refractivity (Wildman–Crippen MR) is 57.3 cm³/mol. The highest BCUT2D eigenvalue weighted by atomic mass is 16.5. The zero-order valence-electron chi connectivity index (χ0n) is 9.77. The van der Waals surface area contributed by atoms with E-state index in [0.717, 1.165) is 0 Å². The summed E-state index contributed by atoms with van der Waals surface area (Å²) in [5.41, 5.74) is 0. The van der Waals surface area contributed by atoms with Crippen LogP contribution in [0.4, 0.5) is 0 Å². The number of rotatable bonds is 7. The molecule has 0 aliphatic rings. The normalized spacial score (nSPS) is 15.1. The highest BCUT2D eigenvalue weighted by Crippen LogP contribution is 2.11. The highest BCUT2D eigenvalue weighted by molar-refractivity contribution is 5.69. The molecule has 0 aromatic carbocycles. The molecular weight excluding hydrogens is 196 g/mol. The van der Waals surface area contributed by atoms with Gasteiger partial charge in [0.2, 0.25) is 0 Å². The van der Waals surface area contributed by atoms with Crippen LogP contribution in [0.3, 0.4) is 0 Å². The van der Waals surface area contributed by atoms with Gasteiger partial charge in [0.25, 0.3) is 0 Å². The molecule has 0 aliphatic carbocycles. The molecule has 2 N–H and O–H groups in total. The standard InChI is InChI=1S/C11H22O4/c1-4-15-11(14)7-10(13)6-9(12)5-8(2)3/h8-10,12-13H,4-7H2,1-3H3. The molecule has 4 heteroatoms. The summed E-state index contributed by atoms with van der Waals surface area (Å²) in [6.07, 6.45) is -0.521. The van der Waals surface area contributed by atoms with Crippen molar-refractivity contribution in [1.29, 1.82) is 0 Å². The molecule has 15 heavy (non-hydrogen) atoms. The molecule has 2 atom stereocenters. The predicted octanol–water partition coefficient (Wildman–Crippen LogP) is 1.10. The molecule has 0 aromatic rings. The maximum atomic E-state index is 11.0. The van der Waals surface area contributed by atoms with E-state index < -0.39 is 18.2 Å². The fraction of sp³-hybridized carbons (Fsp3) is 0.909. The fourth-order valence-electron chi connectivity index (χ4n) is 1.45. The van der Waals surface area contributed by atoms with Crippen molar-refractivity contribution in [2.75, 3.05) is 6.61 Å². The van der Waals surface area contributed by atoms with Gasteiger partial charge in [-0.05, 0) is 25.7 Å². The van der Waals surface area contributed by atoms with Crippen molar-refractivity contribution >= 4 is 5.97 Å². The van der Waals surface area contributed by atoms with E-state index in [1.54, 1.807) is 6.92 Å². The average Bonchev–Trinajstić information content (AvgIpc) is 2.00. The number of carbonyl (C=O) groups excluding carboxylic acids is 1. The average molecular weight is 218 g/mol. The number of hydrogen-bond acceptors (Lipinski definition) is 4. The Bertz CT molecular complexity index is 179. The summed E-state index contributed by atoms with van der Waals surface area (Å²) in [4.78, 5) is 11.0. The fourth-order valence-corrected chi connectivity index (χ4v) is 1.45. The molecule has 0 fully saturated rings. The lowest BCUT2D eigenvalue weighted by atomic mass is 10.00. The largest absolute Gasteiger partial charge is 0.466 e. The van der Waals surface area contributed by atoms with Gasteiger partial charge >= 0.3 is 5.97 Å². The Morgan fingerprint density at radius 3 is 2.27 bits per heavy atom. The number of aliphatic hydroxyl groups is 2. The van der Waals surface area contributed by atoms with Crippen LogP contribution in [0.5, 0.6) is 0 Å². The van der Waals surface area contributed by atoms with E-state index in [2.05, 4.69) is 0 Å². The van der Waals surface area contributed by atoms with Crippen LogP contribution in [0.15, 0.2) is 0 Å². The van der Waals surface area contributed by atoms with Gasteiger partial charge in [0.05, 0.1) is 25.2 Å². The summed E-state index contributed by atoms with van der Waals surface area (Å²) in [5, 5.41) is 19.0. The zero-order chi connectivity index (χ0) is 11.8. The van der Waals surface area contributed by atoms with Crippen molar-refractivity contribution in [3.05, 3.63) is 0 Å². The van der Waals surface area contributed by atoms with Gasteiger partial charge in [0.1, 0.15) is 0 Å². The molecule has 4 nitrogen and oxygen atoms in total. The zero-order valence-corrected chi connectivity index (χ0v) is 9.77. The molecule has 0 spiro atoms. The maximum absolute atomic E-state index is 11.0. The van der Waals surface area contributed by atoms with Crippen LogP contribution in [-0.2, 0) is 9.53 Å². The minimum Gasteiger partial charge on any atom is -0.466 e. The number of ether oxygens (including phenoxy) is 1. The van der Waals surface area contributed by atoms with Crippen LogP contribution in [0.25, 0.3) is 0 Å². The Morgan fingerprint density at radius 1 is 1.20 bits per heavy atom. The lowest BCUT2D eigenvalue weighted by molar-refractivity contribution is -0.145. The summed E-state index contributed by atoms with van der Waals surface area (Å²) < 4.78 is 4.69. The molecule has 0 amide bonds. The van der Waals surface area contributed by atoms with Crippen molar-refractivity contribution in [3.8, 4) is 0 Å². The van der Waals surface area contributed by atoms with Gasteiger partial charge in [-0.2, -0.15) is 0 Å². The lowest BCUT2D eigenvalue weighted by Crippen LogP contribution is -2.22. The van der Waals surface area contributed by atoms with E-state index in [-0.39, 0.29) is 12.8 Å². The van der Waals surface area contributed by atoms with Crippen LogP contribution in [0, 0.1) is 5.92 Å². The van der Waals surface area contributed by atoms with Gasteiger partial charge in [0.15, 0.2) is 0 Å². The van der Waals surface area contributed by atoms with Crippen molar-refractivity contribution in [2.24, 2.45) is 5.92 Å². The Kier molecular flexibility index (Phi) is 7.34. The molecule has 0 radical (unpaired) electrons. The molecule has 0 aromatic heterocycles. The SMILES string of the molecule is CCOC(=O)CC(O)CC(O)CC(C)C. The van der Waals surface area contributed by atoms with E-state index in [4.69, 9.17) is 4.74 Å². The quantitative estimate of drug-likeness (QED) is 0.628. The maximum Gasteiger partial charge on any atom is 0.308 e. The van der Waals surface area contributed by atoms with Crippen LogP contribution in [0.1, 0.15) is 40.0 Å². The van der Waals surface area contributed by atoms with Crippen LogP contribution in [-0.4, -0.2) is 35.0 Å². The second-order valence-corrected chi connectivity index (χ2v) is 4.18. The van der Waals surface area contributed by atoms with E-state index in [1.165, 1.54) is 0 Å². The molecule has 0 aliphatic heterocycles. The second-order valence-electron chi connectivity index (χ2n) is 4.18. The van der Waals surface area contributed by atoms with Gasteiger partial charge in [0, 0.05) is 0 Å².